The normalized spacial score (nSPS) is 11.3. The molecule has 10 nitrogen and oxygen atoms in total. The van der Waals surface area contributed by atoms with E-state index in [9.17, 15) is 14.7 Å². The van der Waals surface area contributed by atoms with Crippen molar-refractivity contribution in [1.29, 1.82) is 0 Å². The SMILES string of the molecule is NC(=S)N=Nc1c(O)[nH]c2c(-c3n[nH]c(=O)[nH]c3=O)cccc12. The van der Waals surface area contributed by atoms with Crippen molar-refractivity contribution in [2.24, 2.45) is 16.0 Å². The Labute approximate surface area is 132 Å². The minimum atomic E-state index is -0.716. The van der Waals surface area contributed by atoms with Crippen LogP contribution in [0, 0.1) is 0 Å². The summed E-state index contributed by atoms with van der Waals surface area (Å²) in [5, 5.41) is 23.5. The monoisotopic (exact) mass is 331 g/mol. The number of aromatic hydroxyl groups is 1. The summed E-state index contributed by atoms with van der Waals surface area (Å²) in [6.45, 7) is 0. The number of rotatable bonds is 2. The molecule has 0 amide bonds. The van der Waals surface area contributed by atoms with Crippen molar-refractivity contribution in [2.75, 3.05) is 0 Å². The summed E-state index contributed by atoms with van der Waals surface area (Å²) in [5.41, 5.74) is 4.73. The number of hydrogen-bond donors (Lipinski definition) is 5. The summed E-state index contributed by atoms with van der Waals surface area (Å²) in [6.07, 6.45) is 0. The van der Waals surface area contributed by atoms with Gasteiger partial charge in [-0.1, -0.05) is 18.2 Å². The first-order chi connectivity index (χ1) is 11.0. The number of H-pyrrole nitrogens is 3. The molecule has 0 atom stereocenters. The summed E-state index contributed by atoms with van der Waals surface area (Å²) in [6, 6.07) is 4.89. The molecule has 0 bridgehead atoms. The van der Waals surface area contributed by atoms with Gasteiger partial charge in [-0.3, -0.25) is 9.78 Å². The number of nitrogens with zero attached hydrogens (tertiary/aromatic N) is 3. The summed E-state index contributed by atoms with van der Waals surface area (Å²) in [7, 11) is 0. The molecule has 0 aliphatic carbocycles. The second-order valence-electron chi connectivity index (χ2n) is 4.44. The Morgan fingerprint density at radius 3 is 2.78 bits per heavy atom. The van der Waals surface area contributed by atoms with Gasteiger partial charge in [-0.2, -0.15) is 5.10 Å². The van der Waals surface area contributed by atoms with Gasteiger partial charge in [0.25, 0.3) is 5.56 Å². The molecule has 0 aliphatic heterocycles. The molecular weight excluding hydrogens is 322 g/mol. The van der Waals surface area contributed by atoms with E-state index in [0.29, 0.717) is 16.5 Å². The minimum Gasteiger partial charge on any atom is -0.493 e. The van der Waals surface area contributed by atoms with E-state index in [4.69, 9.17) is 5.73 Å². The third kappa shape index (κ3) is 2.60. The Kier molecular flexibility index (Phi) is 3.46. The fourth-order valence-electron chi connectivity index (χ4n) is 2.12. The molecule has 23 heavy (non-hydrogen) atoms. The molecule has 0 aliphatic rings. The highest BCUT2D eigenvalue weighted by Gasteiger charge is 2.17. The van der Waals surface area contributed by atoms with Gasteiger partial charge in [-0.25, -0.2) is 9.89 Å². The van der Waals surface area contributed by atoms with Crippen molar-refractivity contribution in [3.05, 3.63) is 39.0 Å². The molecule has 0 unspecified atom stereocenters. The fourth-order valence-corrected chi connectivity index (χ4v) is 2.16. The van der Waals surface area contributed by atoms with Crippen molar-refractivity contribution >= 4 is 33.9 Å². The first-order valence-corrected chi connectivity index (χ1v) is 6.62. The zero-order valence-corrected chi connectivity index (χ0v) is 12.1. The van der Waals surface area contributed by atoms with Crippen molar-refractivity contribution in [3.8, 4) is 17.1 Å². The van der Waals surface area contributed by atoms with Crippen LogP contribution in [0.3, 0.4) is 0 Å². The average Bonchev–Trinajstić information content (AvgIpc) is 2.81. The number of azo groups is 1. The molecule has 0 saturated carbocycles. The smallest absolute Gasteiger partial charge is 0.342 e. The zero-order valence-electron chi connectivity index (χ0n) is 11.3. The number of fused-ring (bicyclic) bond motifs is 1. The number of benzene rings is 1. The maximum Gasteiger partial charge on any atom is 0.342 e. The molecule has 6 N–H and O–H groups in total. The van der Waals surface area contributed by atoms with Crippen LogP contribution in [0.1, 0.15) is 0 Å². The van der Waals surface area contributed by atoms with E-state index in [0.717, 1.165) is 0 Å². The van der Waals surface area contributed by atoms with Crippen molar-refractivity contribution < 1.29 is 5.11 Å². The highest BCUT2D eigenvalue weighted by atomic mass is 32.1. The third-order valence-corrected chi connectivity index (χ3v) is 3.08. The van der Waals surface area contributed by atoms with Gasteiger partial charge in [0.15, 0.2) is 11.4 Å². The number of hydrogen-bond acceptors (Lipinski definition) is 6. The Hall–Kier alpha value is -3.34. The van der Waals surface area contributed by atoms with Crippen LogP contribution in [0.4, 0.5) is 5.69 Å². The van der Waals surface area contributed by atoms with Crippen molar-refractivity contribution in [3.63, 3.8) is 0 Å². The van der Waals surface area contributed by atoms with Crippen LogP contribution in [0.25, 0.3) is 22.2 Å². The summed E-state index contributed by atoms with van der Waals surface area (Å²) in [4.78, 5) is 27.7. The molecule has 0 fully saturated rings. The molecule has 3 rings (SSSR count). The first kappa shape index (κ1) is 14.6. The van der Waals surface area contributed by atoms with Gasteiger partial charge in [-0.15, -0.1) is 10.2 Å². The predicted octanol–water partition coefficient (Wildman–Crippen LogP) is 0.639. The van der Waals surface area contributed by atoms with E-state index < -0.39 is 11.2 Å². The van der Waals surface area contributed by atoms with Gasteiger partial charge in [0.1, 0.15) is 0 Å². The summed E-state index contributed by atoms with van der Waals surface area (Å²) < 4.78 is 0. The van der Waals surface area contributed by atoms with E-state index in [-0.39, 0.29) is 22.4 Å². The van der Waals surface area contributed by atoms with Crippen molar-refractivity contribution in [1.82, 2.24) is 20.2 Å². The largest absolute Gasteiger partial charge is 0.493 e. The third-order valence-electron chi connectivity index (χ3n) is 3.00. The Morgan fingerprint density at radius 1 is 1.30 bits per heavy atom. The second-order valence-corrected chi connectivity index (χ2v) is 4.86. The molecule has 116 valence electrons. The van der Waals surface area contributed by atoms with Crippen LogP contribution in [0.5, 0.6) is 5.88 Å². The Balaban J connectivity index is 2.28. The number of nitrogens with two attached hydrogens (primary N) is 1. The standard InChI is InChI=1S/C12H9N7O3S/c13-11(23)18-16-7-4-2-1-3-5(6(4)14-9(7)20)8-10(21)15-12(22)19-17-8/h1-3,14,20H,(H2,13,23)(H2,15,19,21,22). The van der Waals surface area contributed by atoms with Crippen LogP contribution in [-0.4, -0.2) is 30.4 Å². The van der Waals surface area contributed by atoms with E-state index in [1.165, 1.54) is 0 Å². The maximum absolute atomic E-state index is 11.9. The van der Waals surface area contributed by atoms with E-state index in [2.05, 4.69) is 42.6 Å². The van der Waals surface area contributed by atoms with Gasteiger partial charge in [0.2, 0.25) is 11.0 Å². The second kappa shape index (κ2) is 5.46. The number of nitrogens with one attached hydrogen (secondary N) is 3. The van der Waals surface area contributed by atoms with Crippen LogP contribution in [-0.2, 0) is 0 Å². The first-order valence-electron chi connectivity index (χ1n) is 6.21. The van der Waals surface area contributed by atoms with Gasteiger partial charge in [0.05, 0.1) is 5.52 Å². The maximum atomic E-state index is 11.9. The van der Waals surface area contributed by atoms with Crippen LogP contribution in [0.2, 0.25) is 0 Å². The lowest BCUT2D eigenvalue weighted by molar-refractivity contribution is 0.459. The zero-order chi connectivity index (χ0) is 16.6. The van der Waals surface area contributed by atoms with Gasteiger partial charge in [-0.05, 0) is 12.2 Å². The molecule has 2 heterocycles. The average molecular weight is 331 g/mol. The van der Waals surface area contributed by atoms with E-state index in [1.807, 2.05) is 0 Å². The van der Waals surface area contributed by atoms with Crippen LogP contribution >= 0.6 is 12.2 Å². The lowest BCUT2D eigenvalue weighted by Crippen LogP contribution is -2.25. The molecule has 3 aromatic rings. The molecule has 1 aromatic carbocycles. The molecule has 2 aromatic heterocycles. The number of aromatic nitrogens is 4. The minimum absolute atomic E-state index is 0.0192. The van der Waals surface area contributed by atoms with Crippen molar-refractivity contribution in [2.45, 2.75) is 0 Å². The fraction of sp³-hybridized carbons (Fsp3) is 0. The molecule has 0 spiro atoms. The lowest BCUT2D eigenvalue weighted by atomic mass is 10.1. The lowest BCUT2D eigenvalue weighted by Gasteiger charge is -2.00. The number of para-hydroxylation sites is 1. The van der Waals surface area contributed by atoms with E-state index in [1.54, 1.807) is 18.2 Å². The molecule has 0 saturated heterocycles. The number of thiocarbonyl (C=S) groups is 1. The molecular formula is C12H9N7O3S. The Morgan fingerprint density at radius 2 is 2.09 bits per heavy atom. The summed E-state index contributed by atoms with van der Waals surface area (Å²) in [5.74, 6) is -0.270. The van der Waals surface area contributed by atoms with Crippen LogP contribution in [0.15, 0.2) is 38.0 Å². The van der Waals surface area contributed by atoms with Gasteiger partial charge in [0, 0.05) is 10.9 Å². The van der Waals surface area contributed by atoms with Gasteiger partial charge < -0.3 is 15.8 Å². The quantitative estimate of drug-likeness (QED) is 0.341. The van der Waals surface area contributed by atoms with Crippen LogP contribution < -0.4 is 17.0 Å². The van der Waals surface area contributed by atoms with Gasteiger partial charge >= 0.3 is 5.69 Å². The molecule has 0 radical (unpaired) electrons. The molecule has 11 heteroatoms. The predicted molar refractivity (Wildman–Crippen MR) is 85.7 cm³/mol. The number of aromatic amines is 3. The highest BCUT2D eigenvalue weighted by Crippen LogP contribution is 2.38. The topological polar surface area (TPSA) is 165 Å². The Bertz CT molecular complexity index is 1060. The van der Waals surface area contributed by atoms with E-state index >= 15 is 0 Å². The summed E-state index contributed by atoms with van der Waals surface area (Å²) >= 11 is 4.60. The highest BCUT2D eigenvalue weighted by molar-refractivity contribution is 7.80.